The highest BCUT2D eigenvalue weighted by Gasteiger charge is 2.11. The summed E-state index contributed by atoms with van der Waals surface area (Å²) in [5, 5.41) is 0. The molecule has 19 heavy (non-hydrogen) atoms. The van der Waals surface area contributed by atoms with Crippen LogP contribution < -0.4 is 10.5 Å². The molecule has 1 aromatic heterocycles. The van der Waals surface area contributed by atoms with E-state index < -0.39 is 0 Å². The third-order valence-electron chi connectivity index (χ3n) is 2.85. The number of aromatic nitrogens is 2. The maximum atomic E-state index is 13.6. The van der Waals surface area contributed by atoms with Gasteiger partial charge in [0, 0.05) is 6.20 Å². The highest BCUT2D eigenvalue weighted by Crippen LogP contribution is 2.20. The van der Waals surface area contributed by atoms with Crippen molar-refractivity contribution in [1.82, 2.24) is 9.97 Å². The van der Waals surface area contributed by atoms with Crippen molar-refractivity contribution in [2.75, 3.05) is 7.11 Å². The van der Waals surface area contributed by atoms with Crippen LogP contribution in [0.3, 0.4) is 0 Å². The van der Waals surface area contributed by atoms with E-state index in [-0.39, 0.29) is 17.6 Å². The van der Waals surface area contributed by atoms with E-state index in [1.165, 1.54) is 13.2 Å². The Morgan fingerprint density at radius 3 is 2.79 bits per heavy atom. The number of aryl methyl sites for hydroxylation is 1. The first-order valence-corrected chi connectivity index (χ1v) is 5.97. The second-order valence-corrected chi connectivity index (χ2v) is 4.31. The van der Waals surface area contributed by atoms with Crippen LogP contribution in [0.15, 0.2) is 30.5 Å². The van der Waals surface area contributed by atoms with Gasteiger partial charge in [0.15, 0.2) is 11.6 Å². The Balaban J connectivity index is 2.14. The third-order valence-corrected chi connectivity index (χ3v) is 2.85. The average molecular weight is 261 g/mol. The number of benzene rings is 1. The lowest BCUT2D eigenvalue weighted by Crippen LogP contribution is -2.15. The summed E-state index contributed by atoms with van der Waals surface area (Å²) in [5.74, 6) is 0.523. The summed E-state index contributed by atoms with van der Waals surface area (Å²) in [6.07, 6.45) is 2.18. The van der Waals surface area contributed by atoms with E-state index in [4.69, 9.17) is 10.5 Å². The molecule has 0 spiro atoms. The molecule has 0 aliphatic heterocycles. The Morgan fingerprint density at radius 2 is 2.16 bits per heavy atom. The van der Waals surface area contributed by atoms with E-state index >= 15 is 0 Å². The summed E-state index contributed by atoms with van der Waals surface area (Å²) in [4.78, 5) is 8.29. The van der Waals surface area contributed by atoms with Gasteiger partial charge in [-0.2, -0.15) is 0 Å². The molecule has 100 valence electrons. The summed E-state index contributed by atoms with van der Waals surface area (Å²) < 4.78 is 18.5. The maximum absolute atomic E-state index is 13.6. The molecule has 0 radical (unpaired) electrons. The monoisotopic (exact) mass is 261 g/mol. The summed E-state index contributed by atoms with van der Waals surface area (Å²) in [6.45, 7) is 1.81. The van der Waals surface area contributed by atoms with Crippen LogP contribution >= 0.6 is 0 Å². The molecule has 0 aliphatic rings. The summed E-state index contributed by atoms with van der Waals surface area (Å²) in [7, 11) is 1.44. The predicted octanol–water partition coefficient (Wildman–Crippen LogP) is 2.18. The molecule has 1 unspecified atom stereocenters. The van der Waals surface area contributed by atoms with Gasteiger partial charge in [0.05, 0.1) is 18.8 Å². The first kappa shape index (κ1) is 13.4. The number of hydrogen-bond acceptors (Lipinski definition) is 4. The Hall–Kier alpha value is -2.01. The predicted molar refractivity (Wildman–Crippen MR) is 70.4 cm³/mol. The van der Waals surface area contributed by atoms with Gasteiger partial charge in [-0.25, -0.2) is 14.4 Å². The molecule has 0 saturated heterocycles. The molecule has 1 heterocycles. The zero-order valence-electron chi connectivity index (χ0n) is 10.9. The number of nitrogens with zero attached hydrogens (tertiary/aromatic N) is 2. The Morgan fingerprint density at radius 1 is 1.37 bits per heavy atom. The molecule has 4 nitrogen and oxygen atoms in total. The third kappa shape index (κ3) is 3.26. The van der Waals surface area contributed by atoms with Crippen LogP contribution in [0.2, 0.25) is 0 Å². The lowest BCUT2D eigenvalue weighted by Gasteiger charge is -2.12. The highest BCUT2D eigenvalue weighted by atomic mass is 19.1. The van der Waals surface area contributed by atoms with Gasteiger partial charge < -0.3 is 10.5 Å². The molecule has 2 N–H and O–H groups in total. The molecule has 0 aliphatic carbocycles. The minimum Gasteiger partial charge on any atom is -0.494 e. The van der Waals surface area contributed by atoms with Crippen LogP contribution in [0.25, 0.3) is 0 Å². The van der Waals surface area contributed by atoms with Gasteiger partial charge in [0.2, 0.25) is 0 Å². The fourth-order valence-electron chi connectivity index (χ4n) is 1.88. The van der Waals surface area contributed by atoms with Crippen LogP contribution in [0.1, 0.15) is 23.1 Å². The zero-order chi connectivity index (χ0) is 13.8. The molecular weight excluding hydrogens is 245 g/mol. The molecule has 1 aromatic carbocycles. The van der Waals surface area contributed by atoms with Gasteiger partial charge in [-0.05, 0) is 37.1 Å². The summed E-state index contributed by atoms with van der Waals surface area (Å²) in [6, 6.07) is 6.33. The maximum Gasteiger partial charge on any atom is 0.165 e. The fraction of sp³-hybridized carbons (Fsp3) is 0.286. The van der Waals surface area contributed by atoms with Gasteiger partial charge >= 0.3 is 0 Å². The van der Waals surface area contributed by atoms with Gasteiger partial charge in [-0.15, -0.1) is 0 Å². The van der Waals surface area contributed by atoms with E-state index in [2.05, 4.69) is 9.97 Å². The molecule has 0 amide bonds. The fourth-order valence-corrected chi connectivity index (χ4v) is 1.88. The molecule has 0 bridgehead atoms. The number of methoxy groups -OCH3 is 1. The SMILES string of the molecule is COc1ccc(CC(N)c2ccnc(C)n2)cc1F. The largest absolute Gasteiger partial charge is 0.494 e. The van der Waals surface area contributed by atoms with E-state index in [1.807, 2.05) is 6.92 Å². The number of rotatable bonds is 4. The standard InChI is InChI=1S/C14H16FN3O/c1-9-17-6-5-13(18-9)12(16)8-10-3-4-14(19-2)11(15)7-10/h3-7,12H,8,16H2,1-2H3. The number of ether oxygens (including phenoxy) is 1. The second kappa shape index (κ2) is 5.75. The normalized spacial score (nSPS) is 12.2. The van der Waals surface area contributed by atoms with Crippen molar-refractivity contribution < 1.29 is 9.13 Å². The van der Waals surface area contributed by atoms with Crippen LogP contribution in [0.4, 0.5) is 4.39 Å². The topological polar surface area (TPSA) is 61.0 Å². The summed E-state index contributed by atoms with van der Waals surface area (Å²) in [5.41, 5.74) is 7.63. The minimum absolute atomic E-state index is 0.232. The minimum atomic E-state index is -0.383. The lowest BCUT2D eigenvalue weighted by molar-refractivity contribution is 0.386. The molecule has 5 heteroatoms. The second-order valence-electron chi connectivity index (χ2n) is 4.31. The smallest absolute Gasteiger partial charge is 0.165 e. The van der Waals surface area contributed by atoms with Crippen molar-refractivity contribution in [2.24, 2.45) is 5.73 Å². The van der Waals surface area contributed by atoms with Crippen molar-refractivity contribution >= 4 is 0 Å². The number of halogens is 1. The Bertz CT molecular complexity index is 574. The van der Waals surface area contributed by atoms with Crippen LogP contribution in [0.5, 0.6) is 5.75 Å². The number of nitrogens with two attached hydrogens (primary N) is 1. The highest BCUT2D eigenvalue weighted by molar-refractivity contribution is 5.30. The van der Waals surface area contributed by atoms with E-state index in [1.54, 1.807) is 24.4 Å². The van der Waals surface area contributed by atoms with Crippen molar-refractivity contribution in [3.63, 3.8) is 0 Å². The van der Waals surface area contributed by atoms with Crippen molar-refractivity contribution in [3.05, 3.63) is 53.4 Å². The molecular formula is C14H16FN3O. The van der Waals surface area contributed by atoms with E-state index in [9.17, 15) is 4.39 Å². The Kier molecular flexibility index (Phi) is 4.06. The molecule has 2 aromatic rings. The molecule has 0 fully saturated rings. The number of hydrogen-bond donors (Lipinski definition) is 1. The van der Waals surface area contributed by atoms with Crippen molar-refractivity contribution in [1.29, 1.82) is 0 Å². The zero-order valence-corrected chi connectivity index (χ0v) is 10.9. The summed E-state index contributed by atoms with van der Waals surface area (Å²) >= 11 is 0. The Labute approximate surface area is 111 Å². The average Bonchev–Trinajstić information content (AvgIpc) is 2.39. The van der Waals surface area contributed by atoms with Crippen molar-refractivity contribution in [3.8, 4) is 5.75 Å². The van der Waals surface area contributed by atoms with Gasteiger partial charge in [0.1, 0.15) is 5.82 Å². The van der Waals surface area contributed by atoms with Crippen LogP contribution in [-0.4, -0.2) is 17.1 Å². The molecule has 1 atom stereocenters. The first-order valence-electron chi connectivity index (χ1n) is 5.97. The van der Waals surface area contributed by atoms with Crippen molar-refractivity contribution in [2.45, 2.75) is 19.4 Å². The van der Waals surface area contributed by atoms with Gasteiger partial charge in [0.25, 0.3) is 0 Å². The lowest BCUT2D eigenvalue weighted by atomic mass is 10.0. The molecule has 0 saturated carbocycles. The van der Waals surface area contributed by atoms with Gasteiger partial charge in [-0.3, -0.25) is 0 Å². The van der Waals surface area contributed by atoms with E-state index in [0.29, 0.717) is 12.2 Å². The quantitative estimate of drug-likeness (QED) is 0.916. The van der Waals surface area contributed by atoms with Crippen LogP contribution in [0, 0.1) is 12.7 Å². The molecule has 2 rings (SSSR count). The van der Waals surface area contributed by atoms with Gasteiger partial charge in [-0.1, -0.05) is 6.07 Å². The first-order chi connectivity index (χ1) is 9.10. The van der Waals surface area contributed by atoms with Crippen LogP contribution in [-0.2, 0) is 6.42 Å². The van der Waals surface area contributed by atoms with E-state index in [0.717, 1.165) is 11.3 Å².